The number of aliphatic hydroxyl groups is 1. The maximum absolute atomic E-state index is 10.4. The van der Waals surface area contributed by atoms with Crippen LogP contribution in [0.5, 0.6) is 5.75 Å². The first-order chi connectivity index (χ1) is 13.5. The molecule has 3 N–H and O–H groups in total. The first-order valence-electron chi connectivity index (χ1n) is 10.2. The van der Waals surface area contributed by atoms with Crippen molar-refractivity contribution in [3.63, 3.8) is 0 Å². The van der Waals surface area contributed by atoms with Crippen LogP contribution in [0.1, 0.15) is 32.4 Å². The molecule has 1 aliphatic rings. The highest BCUT2D eigenvalue weighted by Gasteiger charge is 2.21. The van der Waals surface area contributed by atoms with Gasteiger partial charge in [-0.15, -0.1) is 0 Å². The van der Waals surface area contributed by atoms with Gasteiger partial charge < -0.3 is 25.2 Å². The fraction of sp³-hybridized carbons (Fsp3) is 0.667. The molecule has 0 amide bonds. The highest BCUT2D eigenvalue weighted by molar-refractivity contribution is 5.79. The Morgan fingerprint density at radius 1 is 1.32 bits per heavy atom. The van der Waals surface area contributed by atoms with E-state index in [4.69, 9.17) is 9.47 Å². The van der Waals surface area contributed by atoms with Crippen LogP contribution in [0.25, 0.3) is 0 Å². The molecule has 7 nitrogen and oxygen atoms in total. The van der Waals surface area contributed by atoms with Crippen LogP contribution in [0, 0.1) is 5.92 Å². The Labute approximate surface area is 169 Å². The Hall–Kier alpha value is -1.83. The summed E-state index contributed by atoms with van der Waals surface area (Å²) in [5.41, 5.74) is 0.820. The summed E-state index contributed by atoms with van der Waals surface area (Å²) in [6.07, 6.45) is -0.517. The second kappa shape index (κ2) is 11.9. The number of morpholine rings is 1. The molecule has 2 rings (SSSR count). The summed E-state index contributed by atoms with van der Waals surface area (Å²) in [5.74, 6) is 2.12. The molecule has 0 spiro atoms. The Morgan fingerprint density at radius 3 is 2.71 bits per heavy atom. The van der Waals surface area contributed by atoms with E-state index in [0.717, 1.165) is 44.1 Å². The molecular weight excluding hydrogens is 356 g/mol. The number of benzene rings is 1. The molecule has 0 saturated carbocycles. The highest BCUT2D eigenvalue weighted by Crippen LogP contribution is 2.17. The molecule has 2 atom stereocenters. The van der Waals surface area contributed by atoms with Crippen molar-refractivity contribution in [3.8, 4) is 5.75 Å². The molecule has 28 heavy (non-hydrogen) atoms. The Morgan fingerprint density at radius 2 is 2.07 bits per heavy atom. The average molecular weight is 393 g/mol. The zero-order valence-electron chi connectivity index (χ0n) is 17.6. The van der Waals surface area contributed by atoms with Gasteiger partial charge in [-0.2, -0.15) is 0 Å². The van der Waals surface area contributed by atoms with Gasteiger partial charge in [-0.05, 0) is 30.5 Å². The lowest BCUT2D eigenvalue weighted by atomic mass is 10.1. The van der Waals surface area contributed by atoms with Crippen LogP contribution in [-0.4, -0.2) is 75.1 Å². The standard InChI is InChI=1S/C21H36N4O3/c1-5-22-21(23-12-19-15-25(10-11-28-19)14-16(2)3)24-13-20(26)17-6-8-18(27-4)9-7-17/h6-9,16,19-20,26H,5,10-15H2,1-4H3,(H2,22,23,24). The molecule has 1 aromatic rings. The lowest BCUT2D eigenvalue weighted by molar-refractivity contribution is -0.0284. The highest BCUT2D eigenvalue weighted by atomic mass is 16.5. The minimum atomic E-state index is -0.658. The van der Waals surface area contributed by atoms with Crippen molar-refractivity contribution in [1.29, 1.82) is 0 Å². The minimum absolute atomic E-state index is 0.142. The predicted molar refractivity (Wildman–Crippen MR) is 113 cm³/mol. The molecule has 7 heteroatoms. The van der Waals surface area contributed by atoms with Crippen molar-refractivity contribution >= 4 is 5.96 Å². The van der Waals surface area contributed by atoms with E-state index in [9.17, 15) is 5.11 Å². The summed E-state index contributed by atoms with van der Waals surface area (Å²) in [7, 11) is 1.63. The number of nitrogens with zero attached hydrogens (tertiary/aromatic N) is 2. The van der Waals surface area contributed by atoms with E-state index in [1.807, 2.05) is 31.2 Å². The summed E-state index contributed by atoms with van der Waals surface area (Å²) in [5, 5.41) is 17.0. The second-order valence-electron chi connectivity index (χ2n) is 7.54. The van der Waals surface area contributed by atoms with Gasteiger partial charge in [0.2, 0.25) is 0 Å². The maximum atomic E-state index is 10.4. The van der Waals surface area contributed by atoms with Gasteiger partial charge in [0, 0.05) is 32.7 Å². The Bertz CT molecular complexity index is 592. The molecule has 1 fully saturated rings. The molecule has 1 aliphatic heterocycles. The van der Waals surface area contributed by atoms with Crippen LogP contribution in [0.3, 0.4) is 0 Å². The van der Waals surface area contributed by atoms with Crippen LogP contribution in [0.2, 0.25) is 0 Å². The molecular formula is C21H36N4O3. The number of nitrogens with one attached hydrogen (secondary N) is 2. The number of methoxy groups -OCH3 is 1. The summed E-state index contributed by atoms with van der Waals surface area (Å²) < 4.78 is 11.0. The number of aliphatic imine (C=N–C) groups is 1. The van der Waals surface area contributed by atoms with Crippen molar-refractivity contribution in [2.24, 2.45) is 10.9 Å². The van der Waals surface area contributed by atoms with Gasteiger partial charge in [0.1, 0.15) is 5.75 Å². The first kappa shape index (κ1) is 22.5. The molecule has 0 bridgehead atoms. The molecule has 0 aliphatic carbocycles. The molecule has 158 valence electrons. The topological polar surface area (TPSA) is 78.4 Å². The number of ether oxygens (including phenoxy) is 2. The first-order valence-corrected chi connectivity index (χ1v) is 10.2. The van der Waals surface area contributed by atoms with Gasteiger partial charge in [-0.1, -0.05) is 26.0 Å². The average Bonchev–Trinajstić information content (AvgIpc) is 2.69. The number of hydrogen-bond acceptors (Lipinski definition) is 5. The van der Waals surface area contributed by atoms with Crippen LogP contribution < -0.4 is 15.4 Å². The Kier molecular flexibility index (Phi) is 9.54. The van der Waals surface area contributed by atoms with Crippen molar-refractivity contribution in [3.05, 3.63) is 29.8 Å². The van der Waals surface area contributed by atoms with Crippen molar-refractivity contribution in [2.45, 2.75) is 33.0 Å². The van der Waals surface area contributed by atoms with E-state index >= 15 is 0 Å². The zero-order valence-corrected chi connectivity index (χ0v) is 17.6. The van der Waals surface area contributed by atoms with Crippen LogP contribution in [-0.2, 0) is 4.74 Å². The quantitative estimate of drug-likeness (QED) is 0.438. The largest absolute Gasteiger partial charge is 0.497 e. The molecule has 1 heterocycles. The molecule has 0 aromatic heterocycles. The van der Waals surface area contributed by atoms with Crippen molar-refractivity contribution < 1.29 is 14.6 Å². The lowest BCUT2D eigenvalue weighted by Gasteiger charge is -2.34. The molecule has 0 radical (unpaired) electrons. The smallest absolute Gasteiger partial charge is 0.191 e. The lowest BCUT2D eigenvalue weighted by Crippen LogP contribution is -2.50. The second-order valence-corrected chi connectivity index (χ2v) is 7.54. The molecule has 1 saturated heterocycles. The normalized spacial score (nSPS) is 19.5. The van der Waals surface area contributed by atoms with E-state index in [0.29, 0.717) is 18.4 Å². The zero-order chi connectivity index (χ0) is 20.4. The third kappa shape index (κ3) is 7.66. The van der Waals surface area contributed by atoms with Gasteiger partial charge >= 0.3 is 0 Å². The van der Waals surface area contributed by atoms with Gasteiger partial charge in [0.15, 0.2) is 5.96 Å². The van der Waals surface area contributed by atoms with Gasteiger partial charge in [0.25, 0.3) is 0 Å². The monoisotopic (exact) mass is 392 g/mol. The number of hydrogen-bond donors (Lipinski definition) is 3. The van der Waals surface area contributed by atoms with E-state index in [1.165, 1.54) is 0 Å². The molecule has 1 aromatic carbocycles. The van der Waals surface area contributed by atoms with Crippen molar-refractivity contribution in [2.75, 3.05) is 53.0 Å². The molecule has 2 unspecified atom stereocenters. The maximum Gasteiger partial charge on any atom is 0.191 e. The number of aliphatic hydroxyl groups excluding tert-OH is 1. The summed E-state index contributed by atoms with van der Waals surface area (Å²) in [6.45, 7) is 12.0. The van der Waals surface area contributed by atoms with E-state index in [2.05, 4.69) is 34.4 Å². The van der Waals surface area contributed by atoms with Gasteiger partial charge in [0.05, 0.1) is 32.5 Å². The third-order valence-electron chi connectivity index (χ3n) is 4.61. The SMILES string of the molecule is CCNC(=NCC(O)c1ccc(OC)cc1)NCC1CN(CC(C)C)CCO1. The van der Waals surface area contributed by atoms with Crippen LogP contribution in [0.15, 0.2) is 29.3 Å². The van der Waals surface area contributed by atoms with E-state index in [1.54, 1.807) is 7.11 Å². The number of rotatable bonds is 9. The Balaban J connectivity index is 1.85. The predicted octanol–water partition coefficient (Wildman–Crippen LogP) is 1.64. The van der Waals surface area contributed by atoms with Gasteiger partial charge in [-0.25, -0.2) is 0 Å². The number of guanidine groups is 1. The summed E-state index contributed by atoms with van der Waals surface area (Å²) in [4.78, 5) is 6.98. The third-order valence-corrected chi connectivity index (χ3v) is 4.61. The fourth-order valence-electron chi connectivity index (χ4n) is 3.25. The van der Waals surface area contributed by atoms with Gasteiger partial charge in [-0.3, -0.25) is 9.89 Å². The van der Waals surface area contributed by atoms with E-state index in [-0.39, 0.29) is 12.6 Å². The van der Waals surface area contributed by atoms with E-state index < -0.39 is 6.10 Å². The summed E-state index contributed by atoms with van der Waals surface area (Å²) in [6, 6.07) is 7.40. The minimum Gasteiger partial charge on any atom is -0.497 e. The summed E-state index contributed by atoms with van der Waals surface area (Å²) >= 11 is 0. The van der Waals surface area contributed by atoms with Crippen LogP contribution in [0.4, 0.5) is 0 Å². The van der Waals surface area contributed by atoms with Crippen molar-refractivity contribution in [1.82, 2.24) is 15.5 Å². The van der Waals surface area contributed by atoms with Crippen LogP contribution >= 0.6 is 0 Å². The fourth-order valence-corrected chi connectivity index (χ4v) is 3.25.